The van der Waals surface area contributed by atoms with Crippen molar-refractivity contribution in [3.63, 3.8) is 0 Å². The minimum absolute atomic E-state index is 0.128. The minimum Gasteiger partial charge on any atom is -0.396 e. The highest BCUT2D eigenvalue weighted by molar-refractivity contribution is 5.35. The zero-order valence-corrected chi connectivity index (χ0v) is 16.0. The Morgan fingerprint density at radius 3 is 2.73 bits per heavy atom. The molecular weight excluding hydrogens is 328 g/mol. The molecule has 0 amide bonds. The largest absolute Gasteiger partial charge is 0.396 e. The Morgan fingerprint density at radius 2 is 2.04 bits per heavy atom. The van der Waals surface area contributed by atoms with E-state index >= 15 is 0 Å². The Hall–Kier alpha value is -0.860. The zero-order valence-electron chi connectivity index (χ0n) is 16.0. The van der Waals surface area contributed by atoms with Gasteiger partial charge in [0.1, 0.15) is 6.10 Å². The van der Waals surface area contributed by atoms with Crippen molar-refractivity contribution in [3.8, 4) is 11.8 Å². The van der Waals surface area contributed by atoms with Crippen LogP contribution in [0.5, 0.6) is 0 Å². The quantitative estimate of drug-likeness (QED) is 0.400. The Labute approximate surface area is 157 Å². The van der Waals surface area contributed by atoms with E-state index in [2.05, 4.69) is 17.9 Å². The Morgan fingerprint density at radius 1 is 1.27 bits per heavy atom. The molecule has 0 saturated heterocycles. The highest BCUT2D eigenvalue weighted by Gasteiger charge is 2.58. The van der Waals surface area contributed by atoms with Crippen LogP contribution in [0.1, 0.15) is 64.2 Å². The summed E-state index contributed by atoms with van der Waals surface area (Å²) in [5.74, 6) is 6.69. The first-order valence-corrected chi connectivity index (χ1v) is 10.3. The average molecular weight is 363 g/mol. The fourth-order valence-corrected chi connectivity index (χ4v) is 5.21. The molecule has 146 valence electrons. The van der Waals surface area contributed by atoms with Gasteiger partial charge >= 0.3 is 0 Å². The number of aliphatic hydroxyl groups excluding tert-OH is 3. The number of unbranched alkanes of at least 4 members (excludes halogenated alkanes) is 1. The first kappa shape index (κ1) is 19.9. The number of ether oxygens (including phenoxy) is 1. The van der Waals surface area contributed by atoms with Gasteiger partial charge in [-0.05, 0) is 56.4 Å². The van der Waals surface area contributed by atoms with Gasteiger partial charge in [-0.1, -0.05) is 37.2 Å². The third kappa shape index (κ3) is 3.87. The molecule has 3 N–H and O–H groups in total. The van der Waals surface area contributed by atoms with Crippen LogP contribution in [-0.2, 0) is 4.74 Å². The van der Waals surface area contributed by atoms with Gasteiger partial charge in [0.05, 0.1) is 17.6 Å². The van der Waals surface area contributed by atoms with Crippen molar-refractivity contribution in [1.82, 2.24) is 0 Å². The van der Waals surface area contributed by atoms with Crippen molar-refractivity contribution in [2.75, 3.05) is 13.7 Å². The van der Waals surface area contributed by atoms with E-state index in [-0.39, 0.29) is 24.0 Å². The lowest BCUT2D eigenvalue weighted by Gasteiger charge is -2.57. The zero-order chi connectivity index (χ0) is 18.6. The van der Waals surface area contributed by atoms with Gasteiger partial charge in [0.25, 0.3) is 0 Å². The topological polar surface area (TPSA) is 69.9 Å². The molecule has 0 aromatic rings. The number of rotatable bonds is 5. The number of methoxy groups -OCH3 is 1. The molecule has 0 aliphatic heterocycles. The van der Waals surface area contributed by atoms with E-state index < -0.39 is 12.2 Å². The van der Waals surface area contributed by atoms with Crippen molar-refractivity contribution < 1.29 is 20.1 Å². The lowest BCUT2D eigenvalue weighted by Crippen LogP contribution is -2.59. The van der Waals surface area contributed by atoms with Crippen LogP contribution in [0.15, 0.2) is 11.6 Å². The number of aliphatic hydroxyl groups is 3. The molecule has 0 radical (unpaired) electrons. The van der Waals surface area contributed by atoms with Crippen molar-refractivity contribution >= 4 is 0 Å². The van der Waals surface area contributed by atoms with Crippen LogP contribution < -0.4 is 0 Å². The molecule has 4 nitrogen and oxygen atoms in total. The maximum Gasteiger partial charge on any atom is 0.117 e. The second-order valence-corrected chi connectivity index (χ2v) is 8.26. The predicted molar refractivity (Wildman–Crippen MR) is 101 cm³/mol. The van der Waals surface area contributed by atoms with E-state index in [9.17, 15) is 10.2 Å². The van der Waals surface area contributed by atoms with Gasteiger partial charge < -0.3 is 20.1 Å². The average Bonchev–Trinajstić information content (AvgIpc) is 2.66. The van der Waals surface area contributed by atoms with E-state index in [0.29, 0.717) is 12.3 Å². The number of fused-ring (bicyclic) bond motifs is 1. The summed E-state index contributed by atoms with van der Waals surface area (Å²) >= 11 is 0. The molecule has 1 unspecified atom stereocenters. The lowest BCUT2D eigenvalue weighted by atomic mass is 9.53. The van der Waals surface area contributed by atoms with Crippen LogP contribution in [0.2, 0.25) is 0 Å². The fraction of sp³-hybridized carbons (Fsp3) is 0.818. The summed E-state index contributed by atoms with van der Waals surface area (Å²) in [5.41, 5.74) is 0.995. The first-order valence-electron chi connectivity index (χ1n) is 10.3. The Bertz CT molecular complexity index is 554. The molecule has 5 atom stereocenters. The van der Waals surface area contributed by atoms with Crippen molar-refractivity contribution in [2.24, 2.45) is 17.8 Å². The van der Waals surface area contributed by atoms with E-state index in [1.165, 1.54) is 24.8 Å². The lowest BCUT2D eigenvalue weighted by molar-refractivity contribution is -0.138. The third-order valence-electron chi connectivity index (χ3n) is 6.85. The summed E-state index contributed by atoms with van der Waals surface area (Å²) in [4.78, 5) is 0. The van der Waals surface area contributed by atoms with Crippen LogP contribution in [0.4, 0.5) is 0 Å². The summed E-state index contributed by atoms with van der Waals surface area (Å²) in [7, 11) is 1.76. The molecule has 3 rings (SSSR count). The molecule has 0 heterocycles. The maximum absolute atomic E-state index is 10.5. The Balaban J connectivity index is 1.70. The van der Waals surface area contributed by atoms with Crippen LogP contribution in [0.3, 0.4) is 0 Å². The van der Waals surface area contributed by atoms with Crippen molar-refractivity contribution in [2.45, 2.75) is 82.0 Å². The van der Waals surface area contributed by atoms with Crippen LogP contribution >= 0.6 is 0 Å². The second-order valence-electron chi connectivity index (χ2n) is 8.26. The van der Waals surface area contributed by atoms with E-state index in [4.69, 9.17) is 9.84 Å². The predicted octanol–water partition coefficient (Wildman–Crippen LogP) is 2.81. The van der Waals surface area contributed by atoms with Gasteiger partial charge in [-0.25, -0.2) is 0 Å². The van der Waals surface area contributed by atoms with Gasteiger partial charge in [0.2, 0.25) is 0 Å². The molecule has 3 aliphatic rings. The molecule has 0 aromatic carbocycles. The molecule has 26 heavy (non-hydrogen) atoms. The molecular formula is C22H34O4. The monoisotopic (exact) mass is 362 g/mol. The summed E-state index contributed by atoms with van der Waals surface area (Å²) in [6.45, 7) is 0.207. The third-order valence-corrected chi connectivity index (χ3v) is 6.85. The van der Waals surface area contributed by atoms with Gasteiger partial charge in [-0.15, -0.1) is 0 Å². The van der Waals surface area contributed by atoms with Gasteiger partial charge in [-0.2, -0.15) is 0 Å². The van der Waals surface area contributed by atoms with Crippen molar-refractivity contribution in [1.29, 1.82) is 0 Å². The Kier molecular flexibility index (Phi) is 6.80. The van der Waals surface area contributed by atoms with Crippen molar-refractivity contribution in [3.05, 3.63) is 11.6 Å². The van der Waals surface area contributed by atoms with E-state index in [0.717, 1.165) is 38.5 Å². The highest BCUT2D eigenvalue weighted by atomic mass is 16.5. The summed E-state index contributed by atoms with van der Waals surface area (Å²) < 4.78 is 5.95. The molecule has 4 heteroatoms. The summed E-state index contributed by atoms with van der Waals surface area (Å²) in [6, 6.07) is 0. The van der Waals surface area contributed by atoms with Gasteiger partial charge in [0.15, 0.2) is 0 Å². The second kappa shape index (κ2) is 8.89. The number of hydrogen-bond acceptors (Lipinski definition) is 4. The summed E-state index contributed by atoms with van der Waals surface area (Å²) in [6.07, 6.45) is 11.0. The van der Waals surface area contributed by atoms with Gasteiger partial charge in [0, 0.05) is 19.6 Å². The smallest absolute Gasteiger partial charge is 0.117 e. The molecule has 0 aromatic heterocycles. The SMILES string of the molecule is CO[C@@]12CC[C@H](O)[C@@H](C#CC(O)C3CCCCC3)[C@@H]1CC2=CCCCO. The van der Waals surface area contributed by atoms with Gasteiger partial charge in [-0.3, -0.25) is 0 Å². The molecule has 3 aliphatic carbocycles. The number of hydrogen-bond donors (Lipinski definition) is 3. The van der Waals surface area contributed by atoms with E-state index in [1.54, 1.807) is 7.11 Å². The minimum atomic E-state index is -0.569. The highest BCUT2D eigenvalue weighted by Crippen LogP contribution is 2.56. The molecule has 0 bridgehead atoms. The fourth-order valence-electron chi connectivity index (χ4n) is 5.21. The molecule has 3 fully saturated rings. The standard InChI is InChI=1S/C22H34O4/c1-26-22-13-12-21(25)18(19(22)15-17(22)9-5-6-14-23)10-11-20(24)16-7-3-2-4-8-16/h9,16,18-21,23-25H,2-8,12-15H2,1H3/t18-,19-,20?,21-,22+/m0/s1. The van der Waals surface area contributed by atoms with Crippen LogP contribution in [0.25, 0.3) is 0 Å². The first-order chi connectivity index (χ1) is 12.6. The molecule has 0 spiro atoms. The van der Waals surface area contributed by atoms with Crippen LogP contribution in [-0.4, -0.2) is 46.8 Å². The van der Waals surface area contributed by atoms with E-state index in [1.807, 2.05) is 0 Å². The molecule has 3 saturated carbocycles. The summed E-state index contributed by atoms with van der Waals surface area (Å²) in [5, 5.41) is 30.0. The maximum atomic E-state index is 10.5. The normalized spacial score (nSPS) is 37.4. The van der Waals surface area contributed by atoms with Crippen LogP contribution in [0, 0.1) is 29.6 Å². The number of allylic oxidation sites excluding steroid dienone is 1.